The topological polar surface area (TPSA) is 116 Å². The van der Waals surface area contributed by atoms with Gasteiger partial charge in [0.15, 0.2) is 0 Å². The first-order valence-electron chi connectivity index (χ1n) is 5.99. The zero-order valence-corrected chi connectivity index (χ0v) is 10.7. The van der Waals surface area contributed by atoms with Gasteiger partial charge < -0.3 is 20.8 Å². The predicted molar refractivity (Wildman–Crippen MR) is 69.7 cm³/mol. The minimum atomic E-state index is -1.03. The van der Waals surface area contributed by atoms with Crippen molar-refractivity contribution in [3.63, 3.8) is 0 Å². The first-order chi connectivity index (χ1) is 9.54. The molecule has 1 aromatic carbocycles. The van der Waals surface area contributed by atoms with E-state index < -0.39 is 30.4 Å². The van der Waals surface area contributed by atoms with Crippen LogP contribution in [0.15, 0.2) is 30.3 Å². The van der Waals surface area contributed by atoms with Gasteiger partial charge in [-0.15, -0.1) is 0 Å². The van der Waals surface area contributed by atoms with E-state index in [9.17, 15) is 14.4 Å². The Morgan fingerprint density at radius 1 is 1.15 bits per heavy atom. The van der Waals surface area contributed by atoms with Gasteiger partial charge >= 0.3 is 5.97 Å². The van der Waals surface area contributed by atoms with Gasteiger partial charge in [0, 0.05) is 6.54 Å². The molecule has 0 heterocycles. The van der Waals surface area contributed by atoms with E-state index in [1.807, 2.05) is 0 Å². The van der Waals surface area contributed by atoms with Gasteiger partial charge in [-0.25, -0.2) is 0 Å². The van der Waals surface area contributed by atoms with Gasteiger partial charge in [-0.3, -0.25) is 14.4 Å². The third kappa shape index (κ3) is 5.07. The number of hydrogen-bond donors (Lipinski definition) is 4. The highest BCUT2D eigenvalue weighted by molar-refractivity contribution is 5.89. The lowest BCUT2D eigenvalue weighted by atomic mass is 10.1. The monoisotopic (exact) mass is 280 g/mol. The average Bonchev–Trinajstić information content (AvgIpc) is 2.44. The second-order valence-electron chi connectivity index (χ2n) is 4.00. The van der Waals surface area contributed by atoms with Gasteiger partial charge in [0.2, 0.25) is 11.8 Å². The minimum absolute atomic E-state index is 0.0352. The molecule has 0 aliphatic rings. The summed E-state index contributed by atoms with van der Waals surface area (Å²) in [6, 6.07) is 7.51. The molecule has 0 aliphatic heterocycles. The smallest absolute Gasteiger partial charge is 0.305 e. The Morgan fingerprint density at radius 2 is 1.80 bits per heavy atom. The summed E-state index contributed by atoms with van der Waals surface area (Å²) in [5.41, 5.74) is 0.544. The number of aliphatic hydroxyl groups is 1. The fourth-order valence-corrected chi connectivity index (χ4v) is 1.55. The molecule has 0 radical (unpaired) electrons. The van der Waals surface area contributed by atoms with Crippen LogP contribution in [0, 0.1) is 0 Å². The van der Waals surface area contributed by atoms with Crippen LogP contribution in [-0.2, 0) is 14.4 Å². The second-order valence-corrected chi connectivity index (χ2v) is 4.00. The van der Waals surface area contributed by atoms with Crippen LogP contribution in [0.2, 0.25) is 0 Å². The SMILES string of the molecule is O=C(O)CCNC(=O)[C@H](NC(=O)CO)c1ccccc1. The first kappa shape index (κ1) is 15.6. The van der Waals surface area contributed by atoms with E-state index in [4.69, 9.17) is 10.2 Å². The maximum atomic E-state index is 12.0. The number of rotatable bonds is 7. The summed E-state index contributed by atoms with van der Waals surface area (Å²) in [6.07, 6.45) is -0.207. The maximum absolute atomic E-state index is 12.0. The summed E-state index contributed by atoms with van der Waals surface area (Å²) >= 11 is 0. The van der Waals surface area contributed by atoms with Crippen LogP contribution in [0.3, 0.4) is 0 Å². The van der Waals surface area contributed by atoms with Gasteiger partial charge in [-0.2, -0.15) is 0 Å². The number of carboxylic acids is 1. The van der Waals surface area contributed by atoms with Crippen molar-refractivity contribution in [2.45, 2.75) is 12.5 Å². The summed E-state index contributed by atoms with van der Waals surface area (Å²) < 4.78 is 0. The summed E-state index contributed by atoms with van der Waals surface area (Å²) in [6.45, 7) is -0.766. The molecule has 1 rings (SSSR count). The van der Waals surface area contributed by atoms with Gasteiger partial charge in [0.05, 0.1) is 6.42 Å². The lowest BCUT2D eigenvalue weighted by Gasteiger charge is -2.18. The standard InChI is InChI=1S/C13H16N2O5/c16-8-10(17)15-12(9-4-2-1-3-5-9)13(20)14-7-6-11(18)19/h1-5,12,16H,6-8H2,(H,14,20)(H,15,17)(H,18,19)/t12-/m1/s1. The third-order valence-electron chi connectivity index (χ3n) is 2.48. The zero-order chi connectivity index (χ0) is 15.0. The van der Waals surface area contributed by atoms with Crippen molar-refractivity contribution >= 4 is 17.8 Å². The van der Waals surface area contributed by atoms with Crippen LogP contribution in [0.5, 0.6) is 0 Å². The first-order valence-corrected chi connectivity index (χ1v) is 5.99. The number of carboxylic acid groups (broad SMARTS) is 1. The Hall–Kier alpha value is -2.41. The van der Waals surface area contributed by atoms with Crippen LogP contribution >= 0.6 is 0 Å². The van der Waals surface area contributed by atoms with Crippen LogP contribution in [0.4, 0.5) is 0 Å². The Bertz CT molecular complexity index is 475. The molecule has 1 atom stereocenters. The summed E-state index contributed by atoms with van der Waals surface area (Å²) in [7, 11) is 0. The van der Waals surface area contributed by atoms with E-state index in [0.717, 1.165) is 0 Å². The number of nitrogens with one attached hydrogen (secondary N) is 2. The Kier molecular flexibility index (Phi) is 6.18. The number of aliphatic carboxylic acids is 1. The molecular formula is C13H16N2O5. The Labute approximate surface area is 115 Å². The normalized spacial score (nSPS) is 11.4. The summed E-state index contributed by atoms with van der Waals surface area (Å²) in [4.78, 5) is 33.6. The highest BCUT2D eigenvalue weighted by atomic mass is 16.4. The van der Waals surface area contributed by atoms with Crippen molar-refractivity contribution in [1.82, 2.24) is 10.6 Å². The molecule has 108 valence electrons. The quantitative estimate of drug-likeness (QED) is 0.533. The molecule has 0 saturated heterocycles. The molecule has 2 amide bonds. The molecule has 20 heavy (non-hydrogen) atoms. The number of benzene rings is 1. The molecule has 0 bridgehead atoms. The molecule has 0 aromatic heterocycles. The van der Waals surface area contributed by atoms with Gasteiger partial charge in [0.1, 0.15) is 12.6 Å². The van der Waals surface area contributed by atoms with Crippen molar-refractivity contribution in [1.29, 1.82) is 0 Å². The number of hydrogen-bond acceptors (Lipinski definition) is 4. The number of carbonyl (C=O) groups excluding carboxylic acids is 2. The van der Waals surface area contributed by atoms with E-state index in [-0.39, 0.29) is 13.0 Å². The molecular weight excluding hydrogens is 264 g/mol. The number of amides is 2. The van der Waals surface area contributed by atoms with Crippen LogP contribution in [0.1, 0.15) is 18.0 Å². The van der Waals surface area contributed by atoms with E-state index in [1.165, 1.54) is 0 Å². The van der Waals surface area contributed by atoms with E-state index >= 15 is 0 Å². The molecule has 0 spiro atoms. The lowest BCUT2D eigenvalue weighted by Crippen LogP contribution is -2.41. The van der Waals surface area contributed by atoms with Crippen LogP contribution in [0.25, 0.3) is 0 Å². The van der Waals surface area contributed by atoms with Gasteiger partial charge in [-0.1, -0.05) is 30.3 Å². The molecule has 4 N–H and O–H groups in total. The molecule has 0 saturated carbocycles. The highest BCUT2D eigenvalue weighted by Gasteiger charge is 2.22. The minimum Gasteiger partial charge on any atom is -0.481 e. The fourth-order valence-electron chi connectivity index (χ4n) is 1.55. The second kappa shape index (κ2) is 7.90. The highest BCUT2D eigenvalue weighted by Crippen LogP contribution is 2.12. The van der Waals surface area contributed by atoms with E-state index in [0.29, 0.717) is 5.56 Å². The molecule has 0 fully saturated rings. The van der Waals surface area contributed by atoms with Crippen LogP contribution < -0.4 is 10.6 Å². The van der Waals surface area contributed by atoms with Gasteiger partial charge in [0.25, 0.3) is 0 Å². The molecule has 0 unspecified atom stereocenters. The molecule has 1 aromatic rings. The molecule has 7 nitrogen and oxygen atoms in total. The summed E-state index contributed by atoms with van der Waals surface area (Å²) in [5, 5.41) is 22.0. The molecule has 0 aliphatic carbocycles. The van der Waals surface area contributed by atoms with Crippen LogP contribution in [-0.4, -0.2) is 41.1 Å². The van der Waals surface area contributed by atoms with E-state index in [2.05, 4.69) is 10.6 Å². The van der Waals surface area contributed by atoms with Gasteiger partial charge in [-0.05, 0) is 5.56 Å². The molecule has 7 heteroatoms. The van der Waals surface area contributed by atoms with Crippen molar-refractivity contribution in [3.8, 4) is 0 Å². The number of aliphatic hydroxyl groups excluding tert-OH is 1. The Morgan fingerprint density at radius 3 is 2.35 bits per heavy atom. The van der Waals surface area contributed by atoms with Crippen molar-refractivity contribution in [2.24, 2.45) is 0 Å². The van der Waals surface area contributed by atoms with Crippen molar-refractivity contribution in [2.75, 3.05) is 13.2 Å². The van der Waals surface area contributed by atoms with Crippen molar-refractivity contribution < 1.29 is 24.6 Å². The largest absolute Gasteiger partial charge is 0.481 e. The fraction of sp³-hybridized carbons (Fsp3) is 0.308. The third-order valence-corrected chi connectivity index (χ3v) is 2.48. The predicted octanol–water partition coefficient (Wildman–Crippen LogP) is -0.573. The maximum Gasteiger partial charge on any atom is 0.305 e. The average molecular weight is 280 g/mol. The summed E-state index contributed by atoms with van der Waals surface area (Å²) in [5.74, 6) is -2.24. The Balaban J connectivity index is 2.74. The lowest BCUT2D eigenvalue weighted by molar-refractivity contribution is -0.137. The number of carbonyl (C=O) groups is 3. The van der Waals surface area contributed by atoms with E-state index in [1.54, 1.807) is 30.3 Å². The zero-order valence-electron chi connectivity index (χ0n) is 10.7. The van der Waals surface area contributed by atoms with Crippen molar-refractivity contribution in [3.05, 3.63) is 35.9 Å².